The molecule has 0 fully saturated rings. The fraction of sp³-hybridized carbons (Fsp3) is 0.375. The van der Waals surface area contributed by atoms with Crippen LogP contribution in [0.5, 0.6) is 0 Å². The van der Waals surface area contributed by atoms with Crippen molar-refractivity contribution >= 4 is 17.2 Å². The molecule has 1 amide bonds. The van der Waals surface area contributed by atoms with Crippen LogP contribution >= 0.6 is 11.3 Å². The minimum absolute atomic E-state index is 0.113. The minimum atomic E-state index is 0.113. The van der Waals surface area contributed by atoms with E-state index in [4.69, 9.17) is 0 Å². The van der Waals surface area contributed by atoms with Crippen molar-refractivity contribution < 1.29 is 4.79 Å². The summed E-state index contributed by atoms with van der Waals surface area (Å²) in [6.07, 6.45) is 2.16. The van der Waals surface area contributed by atoms with Gasteiger partial charge in [0.25, 0.3) is 0 Å². The molecule has 0 radical (unpaired) electrons. The third-order valence-corrected chi connectivity index (χ3v) is 4.24. The van der Waals surface area contributed by atoms with Crippen LogP contribution in [-0.4, -0.2) is 17.4 Å². The molecule has 0 aliphatic rings. The minimum Gasteiger partial charge on any atom is -0.356 e. The molecule has 1 heterocycles. The fourth-order valence-corrected chi connectivity index (χ4v) is 2.83. The van der Waals surface area contributed by atoms with Gasteiger partial charge in [0.2, 0.25) is 5.91 Å². The highest BCUT2D eigenvalue weighted by Crippen LogP contribution is 2.10. The number of hydrogen-bond acceptors (Lipinski definition) is 3. The van der Waals surface area contributed by atoms with E-state index in [0.717, 1.165) is 23.5 Å². The maximum Gasteiger partial charge on any atom is 0.220 e. The Labute approximate surface area is 124 Å². The van der Waals surface area contributed by atoms with Crippen LogP contribution in [0.25, 0.3) is 0 Å². The summed E-state index contributed by atoms with van der Waals surface area (Å²) < 4.78 is 0. The maximum absolute atomic E-state index is 11.8. The van der Waals surface area contributed by atoms with Crippen LogP contribution in [0.15, 0.2) is 29.6 Å². The summed E-state index contributed by atoms with van der Waals surface area (Å²) in [5.74, 6) is 0.113. The number of nitrogens with zero attached hydrogens (tertiary/aromatic N) is 1. The largest absolute Gasteiger partial charge is 0.356 e. The predicted octanol–water partition coefficient (Wildman–Crippen LogP) is 3.05. The average Bonchev–Trinajstić information content (AvgIpc) is 2.83. The van der Waals surface area contributed by atoms with Crippen molar-refractivity contribution in [1.82, 2.24) is 10.3 Å². The Morgan fingerprint density at radius 1 is 1.25 bits per heavy atom. The van der Waals surface area contributed by atoms with Crippen LogP contribution in [0.2, 0.25) is 0 Å². The summed E-state index contributed by atoms with van der Waals surface area (Å²) >= 11 is 1.65. The molecule has 4 heteroatoms. The van der Waals surface area contributed by atoms with E-state index in [-0.39, 0.29) is 5.91 Å². The second-order valence-corrected chi connectivity index (χ2v) is 5.85. The van der Waals surface area contributed by atoms with E-state index in [2.05, 4.69) is 29.4 Å². The Hall–Kier alpha value is -1.68. The number of aromatic nitrogens is 1. The molecule has 20 heavy (non-hydrogen) atoms. The standard InChI is InChI=1S/C16H20N2OS/c1-12-5-3-4-6-14(12)7-8-15(19)17-10-9-16-18-13(2)11-20-16/h3-6,11H,7-10H2,1-2H3,(H,17,19). The van der Waals surface area contributed by atoms with Gasteiger partial charge in [-0.3, -0.25) is 4.79 Å². The van der Waals surface area contributed by atoms with E-state index in [9.17, 15) is 4.79 Å². The Morgan fingerprint density at radius 3 is 2.75 bits per heavy atom. The number of hydrogen-bond donors (Lipinski definition) is 1. The zero-order chi connectivity index (χ0) is 14.4. The van der Waals surface area contributed by atoms with Crippen molar-refractivity contribution in [3.8, 4) is 0 Å². The molecule has 1 aromatic heterocycles. The summed E-state index contributed by atoms with van der Waals surface area (Å²) in [5.41, 5.74) is 3.55. The number of thiazole rings is 1. The summed E-state index contributed by atoms with van der Waals surface area (Å²) in [5, 5.41) is 6.08. The maximum atomic E-state index is 11.8. The van der Waals surface area contributed by atoms with Crippen LogP contribution in [-0.2, 0) is 17.6 Å². The molecule has 2 aromatic rings. The van der Waals surface area contributed by atoms with Crippen LogP contribution in [0.3, 0.4) is 0 Å². The van der Waals surface area contributed by atoms with E-state index in [1.165, 1.54) is 11.1 Å². The van der Waals surface area contributed by atoms with Gasteiger partial charge in [-0.15, -0.1) is 11.3 Å². The van der Waals surface area contributed by atoms with Gasteiger partial charge < -0.3 is 5.32 Å². The van der Waals surface area contributed by atoms with E-state index in [1.54, 1.807) is 11.3 Å². The van der Waals surface area contributed by atoms with Crippen molar-refractivity contribution in [3.05, 3.63) is 51.5 Å². The first-order valence-corrected chi connectivity index (χ1v) is 7.75. The van der Waals surface area contributed by atoms with Crippen molar-refractivity contribution in [2.24, 2.45) is 0 Å². The molecular formula is C16H20N2OS. The third kappa shape index (κ3) is 4.46. The number of rotatable bonds is 6. The van der Waals surface area contributed by atoms with Crippen LogP contribution in [0, 0.1) is 13.8 Å². The first-order valence-electron chi connectivity index (χ1n) is 6.87. The van der Waals surface area contributed by atoms with Crippen LogP contribution in [0.4, 0.5) is 0 Å². The number of carbonyl (C=O) groups is 1. The second-order valence-electron chi connectivity index (χ2n) is 4.91. The van der Waals surface area contributed by atoms with Gasteiger partial charge in [0.1, 0.15) is 0 Å². The zero-order valence-electron chi connectivity index (χ0n) is 12.0. The number of nitrogens with one attached hydrogen (secondary N) is 1. The first kappa shape index (κ1) is 14.7. The molecule has 0 bridgehead atoms. The highest BCUT2D eigenvalue weighted by Gasteiger charge is 2.04. The Kier molecular flexibility index (Phi) is 5.30. The monoisotopic (exact) mass is 288 g/mol. The fourth-order valence-electron chi connectivity index (χ4n) is 2.05. The predicted molar refractivity (Wildman–Crippen MR) is 83.1 cm³/mol. The third-order valence-electron chi connectivity index (χ3n) is 3.21. The molecule has 2 rings (SSSR count). The smallest absolute Gasteiger partial charge is 0.220 e. The first-order chi connectivity index (χ1) is 9.65. The molecule has 1 aromatic carbocycles. The second kappa shape index (κ2) is 7.20. The molecule has 0 spiro atoms. The highest BCUT2D eigenvalue weighted by atomic mass is 32.1. The highest BCUT2D eigenvalue weighted by molar-refractivity contribution is 7.09. The molecule has 0 unspecified atom stereocenters. The lowest BCUT2D eigenvalue weighted by atomic mass is 10.0. The quantitative estimate of drug-likeness (QED) is 0.887. The van der Waals surface area contributed by atoms with Gasteiger partial charge in [-0.2, -0.15) is 0 Å². The lowest BCUT2D eigenvalue weighted by Crippen LogP contribution is -2.25. The Bertz CT molecular complexity index is 577. The molecular weight excluding hydrogens is 268 g/mol. The lowest BCUT2D eigenvalue weighted by Gasteiger charge is -2.06. The van der Waals surface area contributed by atoms with E-state index < -0.39 is 0 Å². The van der Waals surface area contributed by atoms with E-state index in [0.29, 0.717) is 13.0 Å². The van der Waals surface area contributed by atoms with Gasteiger partial charge in [0.15, 0.2) is 0 Å². The summed E-state index contributed by atoms with van der Waals surface area (Å²) in [4.78, 5) is 16.2. The molecule has 3 nitrogen and oxygen atoms in total. The topological polar surface area (TPSA) is 42.0 Å². The SMILES string of the molecule is Cc1csc(CCNC(=O)CCc2ccccc2C)n1. The van der Waals surface area contributed by atoms with Gasteiger partial charge >= 0.3 is 0 Å². The molecule has 0 atom stereocenters. The van der Waals surface area contributed by atoms with Crippen molar-refractivity contribution in [2.45, 2.75) is 33.1 Å². The molecule has 1 N–H and O–H groups in total. The number of carbonyl (C=O) groups excluding carboxylic acids is 1. The number of aryl methyl sites for hydroxylation is 3. The van der Waals surface area contributed by atoms with Crippen LogP contribution < -0.4 is 5.32 Å². The summed E-state index contributed by atoms with van der Waals surface area (Å²) in [6.45, 7) is 4.73. The van der Waals surface area contributed by atoms with Gasteiger partial charge in [0, 0.05) is 30.5 Å². The average molecular weight is 288 g/mol. The van der Waals surface area contributed by atoms with E-state index in [1.807, 2.05) is 24.4 Å². The van der Waals surface area contributed by atoms with Gasteiger partial charge in [-0.05, 0) is 31.4 Å². The molecule has 0 aliphatic carbocycles. The van der Waals surface area contributed by atoms with Gasteiger partial charge in [0.05, 0.1) is 5.01 Å². The van der Waals surface area contributed by atoms with Crippen molar-refractivity contribution in [1.29, 1.82) is 0 Å². The van der Waals surface area contributed by atoms with Crippen molar-refractivity contribution in [2.75, 3.05) is 6.54 Å². The summed E-state index contributed by atoms with van der Waals surface area (Å²) in [6, 6.07) is 8.21. The normalized spacial score (nSPS) is 10.5. The Morgan fingerprint density at radius 2 is 2.05 bits per heavy atom. The number of amides is 1. The Balaban J connectivity index is 1.69. The molecule has 0 saturated carbocycles. The van der Waals surface area contributed by atoms with Gasteiger partial charge in [-0.25, -0.2) is 4.98 Å². The van der Waals surface area contributed by atoms with Gasteiger partial charge in [-0.1, -0.05) is 24.3 Å². The molecule has 0 aliphatic heterocycles. The van der Waals surface area contributed by atoms with Crippen molar-refractivity contribution in [3.63, 3.8) is 0 Å². The molecule has 0 saturated heterocycles. The van der Waals surface area contributed by atoms with Crippen LogP contribution in [0.1, 0.15) is 28.2 Å². The summed E-state index contributed by atoms with van der Waals surface area (Å²) in [7, 11) is 0. The lowest BCUT2D eigenvalue weighted by molar-refractivity contribution is -0.121. The molecule has 106 valence electrons. The zero-order valence-corrected chi connectivity index (χ0v) is 12.8. The van der Waals surface area contributed by atoms with E-state index >= 15 is 0 Å². The number of benzene rings is 1.